The summed E-state index contributed by atoms with van der Waals surface area (Å²) >= 11 is 9.65. The number of fused-ring (bicyclic) bond motifs is 3. The highest BCUT2D eigenvalue weighted by Crippen LogP contribution is 2.42. The van der Waals surface area contributed by atoms with Crippen LogP contribution in [0.15, 0.2) is 47.3 Å². The van der Waals surface area contributed by atoms with Crippen LogP contribution in [0.5, 0.6) is 5.75 Å². The van der Waals surface area contributed by atoms with Crippen LogP contribution in [0.4, 0.5) is 28.8 Å². The lowest BCUT2D eigenvalue weighted by atomic mass is 9.98. The fourth-order valence-electron chi connectivity index (χ4n) is 7.55. The van der Waals surface area contributed by atoms with Crippen molar-refractivity contribution in [1.29, 1.82) is 0 Å². The molecule has 0 spiro atoms. The molecule has 3 fully saturated rings. The molecule has 2 atom stereocenters. The van der Waals surface area contributed by atoms with Gasteiger partial charge in [0.1, 0.15) is 11.6 Å². The van der Waals surface area contributed by atoms with Crippen LogP contribution in [0.1, 0.15) is 38.2 Å². The Labute approximate surface area is 290 Å². The number of ether oxygens (including phenoxy) is 2. The van der Waals surface area contributed by atoms with Gasteiger partial charge in [0, 0.05) is 66.9 Å². The van der Waals surface area contributed by atoms with Crippen molar-refractivity contribution in [2.45, 2.75) is 57.2 Å². The number of aryl methyl sites for hydroxylation is 1. The Balaban J connectivity index is 1.12. The Morgan fingerprint density at radius 1 is 0.979 bits per heavy atom. The van der Waals surface area contributed by atoms with Gasteiger partial charge in [0.15, 0.2) is 0 Å². The molecule has 13 heteroatoms. The van der Waals surface area contributed by atoms with E-state index in [1.165, 1.54) is 36.9 Å². The van der Waals surface area contributed by atoms with E-state index in [4.69, 9.17) is 26.3 Å². The predicted octanol–water partition coefficient (Wildman–Crippen LogP) is 6.44. The van der Waals surface area contributed by atoms with Crippen molar-refractivity contribution in [2.24, 2.45) is 0 Å². The molecule has 4 aromatic rings. The maximum atomic E-state index is 6.01. The minimum Gasteiger partial charge on any atom is -0.494 e. The first-order chi connectivity index (χ1) is 22.7. The SMILES string of the molecule is CCc1cc(Nc2ncc(Br)c(Nc3ccc4nccnc4c3P(C)(C)=S)n2)c(OC)cc1N1CCC(N2[C@@H]3CC[C@H]2COC3)CC1. The van der Waals surface area contributed by atoms with Gasteiger partial charge in [-0.15, -0.1) is 0 Å². The molecule has 10 nitrogen and oxygen atoms in total. The fraction of sp³-hybridized carbons (Fsp3) is 0.471. The highest BCUT2D eigenvalue weighted by molar-refractivity contribution is 9.10. The maximum absolute atomic E-state index is 6.01. The van der Waals surface area contributed by atoms with Gasteiger partial charge in [-0.2, -0.15) is 4.98 Å². The first-order valence-corrected chi connectivity index (χ1v) is 20.9. The number of rotatable bonds is 9. The van der Waals surface area contributed by atoms with Gasteiger partial charge < -0.3 is 25.0 Å². The average molecular weight is 738 g/mol. The summed E-state index contributed by atoms with van der Waals surface area (Å²) in [4.78, 5) is 23.9. The normalized spacial score (nSPS) is 20.5. The smallest absolute Gasteiger partial charge is 0.229 e. The molecule has 3 aliphatic rings. The summed E-state index contributed by atoms with van der Waals surface area (Å²) in [5, 5.41) is 7.96. The third-order valence-electron chi connectivity index (χ3n) is 9.70. The third-order valence-corrected chi connectivity index (χ3v) is 12.4. The van der Waals surface area contributed by atoms with Crippen molar-refractivity contribution in [3.05, 3.63) is 52.9 Å². The number of morpholine rings is 1. The molecule has 5 heterocycles. The van der Waals surface area contributed by atoms with E-state index in [2.05, 4.69) is 83.7 Å². The molecule has 2 aromatic heterocycles. The molecule has 3 saturated heterocycles. The largest absolute Gasteiger partial charge is 0.494 e. The van der Waals surface area contributed by atoms with Crippen LogP contribution in [-0.4, -0.2) is 89.7 Å². The van der Waals surface area contributed by atoms with E-state index in [0.717, 1.165) is 70.7 Å². The van der Waals surface area contributed by atoms with Crippen molar-refractivity contribution >= 4 is 78.9 Å². The molecule has 2 aromatic carbocycles. The summed E-state index contributed by atoms with van der Waals surface area (Å²) in [6, 6.07) is 8.29. The molecular formula is C34H42BrN8O2PS. The zero-order valence-corrected chi connectivity index (χ0v) is 30.7. The molecule has 0 saturated carbocycles. The van der Waals surface area contributed by atoms with Gasteiger partial charge in [-0.3, -0.25) is 14.9 Å². The second-order valence-corrected chi connectivity index (χ2v) is 19.7. The van der Waals surface area contributed by atoms with E-state index in [9.17, 15) is 0 Å². The van der Waals surface area contributed by atoms with Gasteiger partial charge in [-0.05, 0) is 91.2 Å². The Bertz CT molecular complexity index is 1820. The van der Waals surface area contributed by atoms with E-state index in [-0.39, 0.29) is 0 Å². The van der Waals surface area contributed by atoms with Crippen LogP contribution < -0.4 is 25.6 Å². The highest BCUT2D eigenvalue weighted by Gasteiger charge is 2.42. The summed E-state index contributed by atoms with van der Waals surface area (Å²) in [6.07, 6.45) is 11.0. The van der Waals surface area contributed by atoms with Crippen molar-refractivity contribution in [3.8, 4) is 5.75 Å². The molecule has 2 N–H and O–H groups in total. The minimum atomic E-state index is -1.90. The maximum Gasteiger partial charge on any atom is 0.229 e. The van der Waals surface area contributed by atoms with Crippen LogP contribution in [0, 0.1) is 0 Å². The predicted molar refractivity (Wildman–Crippen MR) is 199 cm³/mol. The fourth-order valence-corrected chi connectivity index (χ4v) is 9.79. The van der Waals surface area contributed by atoms with Gasteiger partial charge in [0.25, 0.3) is 0 Å². The lowest BCUT2D eigenvalue weighted by Crippen LogP contribution is -2.54. The molecule has 47 heavy (non-hydrogen) atoms. The van der Waals surface area contributed by atoms with Gasteiger partial charge in [-0.1, -0.05) is 18.7 Å². The molecule has 7 rings (SSSR count). The number of piperidine rings is 1. The van der Waals surface area contributed by atoms with Crippen molar-refractivity contribution in [3.63, 3.8) is 0 Å². The summed E-state index contributed by atoms with van der Waals surface area (Å²) in [5.41, 5.74) is 5.87. The lowest BCUT2D eigenvalue weighted by Gasteiger charge is -2.45. The molecule has 3 aliphatic heterocycles. The molecule has 2 bridgehead atoms. The highest BCUT2D eigenvalue weighted by atomic mass is 79.9. The standard InChI is InChI=1S/C34H42BrN8O2PS/c1-5-21-16-28(30(44-2)17-29(21)42-14-10-22(11-15-42)43-23-6-7-24(43)20-45-19-23)40-34-38-18-25(35)33(41-34)39-27-9-8-26-31(37-13-12-36-26)32(27)46(3,4)47/h8-9,12-13,16-18,22-24H,5-7,10-11,14-15,19-20H2,1-4H3,(H2,38,39,40,41)/t23-,24+. The number of hydrogen-bond donors (Lipinski definition) is 2. The minimum absolute atomic E-state index is 0.458. The van der Waals surface area contributed by atoms with Crippen molar-refractivity contribution in [1.82, 2.24) is 24.8 Å². The molecule has 0 amide bonds. The van der Waals surface area contributed by atoms with E-state index in [1.54, 1.807) is 25.7 Å². The molecule has 248 valence electrons. The second-order valence-electron chi connectivity index (χ2n) is 13.0. The molecule has 0 unspecified atom stereocenters. The second kappa shape index (κ2) is 13.6. The number of benzene rings is 2. The number of aromatic nitrogens is 4. The Morgan fingerprint density at radius 2 is 1.72 bits per heavy atom. The summed E-state index contributed by atoms with van der Waals surface area (Å²) in [7, 11) is 1.72. The monoisotopic (exact) mass is 736 g/mol. The van der Waals surface area contributed by atoms with Gasteiger partial charge in [0.05, 0.1) is 47.2 Å². The van der Waals surface area contributed by atoms with E-state index in [1.807, 2.05) is 12.1 Å². The van der Waals surface area contributed by atoms with Crippen molar-refractivity contribution in [2.75, 3.05) is 62.3 Å². The Kier molecular flexibility index (Phi) is 9.41. The van der Waals surface area contributed by atoms with Crippen LogP contribution in [0.3, 0.4) is 0 Å². The summed E-state index contributed by atoms with van der Waals surface area (Å²) in [5.74, 6) is 1.84. The number of methoxy groups -OCH3 is 1. The molecule has 0 aliphatic carbocycles. The van der Waals surface area contributed by atoms with Gasteiger partial charge >= 0.3 is 0 Å². The van der Waals surface area contributed by atoms with Crippen LogP contribution >= 0.6 is 22.0 Å². The number of nitrogens with one attached hydrogen (secondary N) is 2. The lowest BCUT2D eigenvalue weighted by molar-refractivity contribution is -0.0407. The zero-order valence-electron chi connectivity index (χ0n) is 27.4. The first-order valence-electron chi connectivity index (χ1n) is 16.4. The number of halogens is 1. The van der Waals surface area contributed by atoms with Gasteiger partial charge in [-0.25, -0.2) is 4.98 Å². The Hall–Kier alpha value is -2.89. The van der Waals surface area contributed by atoms with E-state index in [0.29, 0.717) is 29.9 Å². The van der Waals surface area contributed by atoms with E-state index >= 15 is 0 Å². The molecular weight excluding hydrogens is 695 g/mol. The quantitative estimate of drug-likeness (QED) is 0.186. The van der Waals surface area contributed by atoms with Crippen LogP contribution in [0.25, 0.3) is 11.0 Å². The van der Waals surface area contributed by atoms with Crippen LogP contribution in [0.2, 0.25) is 0 Å². The third kappa shape index (κ3) is 6.59. The topological polar surface area (TPSA) is 101 Å². The zero-order chi connectivity index (χ0) is 32.7. The molecule has 0 radical (unpaired) electrons. The van der Waals surface area contributed by atoms with Crippen LogP contribution in [-0.2, 0) is 23.0 Å². The van der Waals surface area contributed by atoms with E-state index < -0.39 is 6.04 Å². The average Bonchev–Trinajstić information content (AvgIpc) is 3.32. The Morgan fingerprint density at radius 3 is 2.43 bits per heavy atom. The van der Waals surface area contributed by atoms with Gasteiger partial charge in [0.2, 0.25) is 5.95 Å². The number of anilines is 5. The number of nitrogens with zero attached hydrogens (tertiary/aromatic N) is 6. The summed E-state index contributed by atoms with van der Waals surface area (Å²) < 4.78 is 12.5. The summed E-state index contributed by atoms with van der Waals surface area (Å²) in [6.45, 7) is 10.3. The van der Waals surface area contributed by atoms with Crippen molar-refractivity contribution < 1.29 is 9.47 Å². The first kappa shape index (κ1) is 32.6. The number of hydrogen-bond acceptors (Lipinski definition) is 11.